The first kappa shape index (κ1) is 14.4. The molecule has 0 atom stereocenters. The number of rotatable bonds is 6. The minimum Gasteiger partial charge on any atom is -0.481 e. The lowest BCUT2D eigenvalue weighted by molar-refractivity contribution is -0.384. The van der Waals surface area contributed by atoms with E-state index in [0.29, 0.717) is 23.1 Å². The van der Waals surface area contributed by atoms with E-state index in [1.807, 2.05) is 0 Å². The summed E-state index contributed by atoms with van der Waals surface area (Å²) in [7, 11) is 1.71. The van der Waals surface area contributed by atoms with E-state index >= 15 is 0 Å². The number of hydrogen-bond donors (Lipinski definition) is 1. The van der Waals surface area contributed by atoms with Crippen LogP contribution in [0.2, 0.25) is 0 Å². The summed E-state index contributed by atoms with van der Waals surface area (Å²) in [6.07, 6.45) is 0.494. The summed E-state index contributed by atoms with van der Waals surface area (Å²) in [6.45, 7) is 0.453. The van der Waals surface area contributed by atoms with Crippen LogP contribution in [-0.2, 0) is 4.79 Å². The van der Waals surface area contributed by atoms with E-state index in [1.165, 1.54) is 6.07 Å². The van der Waals surface area contributed by atoms with Crippen LogP contribution in [0.15, 0.2) is 22.7 Å². The maximum absolute atomic E-state index is 10.9. The number of benzene rings is 1. The zero-order valence-corrected chi connectivity index (χ0v) is 11.4. The number of hydrogen-bond acceptors (Lipinski definition) is 4. The highest BCUT2D eigenvalue weighted by molar-refractivity contribution is 9.10. The largest absolute Gasteiger partial charge is 0.481 e. The van der Waals surface area contributed by atoms with Gasteiger partial charge in [0.05, 0.1) is 4.92 Å². The van der Waals surface area contributed by atoms with Crippen molar-refractivity contribution in [2.24, 2.45) is 0 Å². The minimum absolute atomic E-state index is 0.00204. The molecule has 0 aliphatic carbocycles. The van der Waals surface area contributed by atoms with Crippen molar-refractivity contribution in [2.75, 3.05) is 18.5 Å². The van der Waals surface area contributed by atoms with Crippen LogP contribution >= 0.6 is 15.9 Å². The lowest BCUT2D eigenvalue weighted by Gasteiger charge is -2.18. The lowest BCUT2D eigenvalue weighted by Crippen LogP contribution is -2.20. The molecule has 0 saturated heterocycles. The molecule has 0 aromatic heterocycles. The average Bonchev–Trinajstić information content (AvgIpc) is 2.28. The molecule has 1 aromatic rings. The maximum Gasteiger partial charge on any atom is 0.303 e. The van der Waals surface area contributed by atoms with Gasteiger partial charge in [-0.05, 0) is 18.6 Å². The van der Waals surface area contributed by atoms with Gasteiger partial charge in [-0.3, -0.25) is 14.9 Å². The minimum atomic E-state index is -0.867. The number of nitrogens with zero attached hydrogens (tertiary/aromatic N) is 2. The summed E-state index contributed by atoms with van der Waals surface area (Å²) in [5.74, 6) is -0.867. The molecule has 0 spiro atoms. The van der Waals surface area contributed by atoms with E-state index < -0.39 is 10.9 Å². The number of halogens is 1. The molecule has 1 rings (SSSR count). The van der Waals surface area contributed by atoms with Crippen molar-refractivity contribution in [1.82, 2.24) is 0 Å². The predicted octanol–water partition coefficient (Wildman–Crippen LogP) is 2.66. The molecule has 0 amide bonds. The Bertz CT molecular complexity index is 464. The molecular weight excluding hydrogens is 304 g/mol. The van der Waals surface area contributed by atoms with Gasteiger partial charge in [0.25, 0.3) is 5.69 Å². The van der Waals surface area contributed by atoms with Crippen LogP contribution < -0.4 is 4.90 Å². The Hall–Kier alpha value is -1.63. The summed E-state index contributed by atoms with van der Waals surface area (Å²) in [5, 5.41) is 19.5. The van der Waals surface area contributed by atoms with Crippen molar-refractivity contribution in [2.45, 2.75) is 12.8 Å². The van der Waals surface area contributed by atoms with E-state index in [2.05, 4.69) is 15.9 Å². The molecule has 0 aliphatic rings. The molecule has 1 aromatic carbocycles. The van der Waals surface area contributed by atoms with Crippen LogP contribution in [0.4, 0.5) is 11.4 Å². The molecule has 0 heterocycles. The number of carboxylic acid groups (broad SMARTS) is 1. The van der Waals surface area contributed by atoms with Crippen molar-refractivity contribution >= 4 is 33.3 Å². The highest BCUT2D eigenvalue weighted by atomic mass is 79.9. The zero-order valence-electron chi connectivity index (χ0n) is 9.80. The van der Waals surface area contributed by atoms with Gasteiger partial charge in [-0.2, -0.15) is 0 Å². The summed E-state index contributed by atoms with van der Waals surface area (Å²) < 4.78 is 0.636. The summed E-state index contributed by atoms with van der Waals surface area (Å²) >= 11 is 3.18. The molecule has 0 saturated carbocycles. The number of carbonyl (C=O) groups is 1. The van der Waals surface area contributed by atoms with Crippen LogP contribution in [0.5, 0.6) is 0 Å². The number of carboxylic acids is 1. The highest BCUT2D eigenvalue weighted by Crippen LogP contribution is 2.30. The van der Waals surface area contributed by atoms with E-state index in [9.17, 15) is 14.9 Å². The van der Waals surface area contributed by atoms with Gasteiger partial charge in [-0.15, -0.1) is 0 Å². The third-order valence-corrected chi connectivity index (χ3v) is 2.92. The molecule has 0 unspecified atom stereocenters. The van der Waals surface area contributed by atoms with E-state index in [-0.39, 0.29) is 12.1 Å². The molecule has 0 fully saturated rings. The molecule has 98 valence electrons. The molecule has 0 radical (unpaired) electrons. The number of nitro benzene ring substituents is 1. The first-order valence-electron chi connectivity index (χ1n) is 5.28. The summed E-state index contributed by atoms with van der Waals surface area (Å²) in [5.41, 5.74) is 0.482. The van der Waals surface area contributed by atoms with Gasteiger partial charge < -0.3 is 10.0 Å². The predicted molar refractivity (Wildman–Crippen MR) is 70.9 cm³/mol. The molecule has 7 heteroatoms. The Morgan fingerprint density at radius 3 is 2.78 bits per heavy atom. The van der Waals surface area contributed by atoms with Gasteiger partial charge in [0, 0.05) is 30.6 Å². The number of aliphatic carboxylic acids is 1. The Morgan fingerprint density at radius 1 is 1.56 bits per heavy atom. The number of nitro groups is 1. The second-order valence-electron chi connectivity index (χ2n) is 3.81. The van der Waals surface area contributed by atoms with Gasteiger partial charge in [-0.1, -0.05) is 15.9 Å². The second kappa shape index (κ2) is 6.34. The Balaban J connectivity index is 2.81. The molecule has 18 heavy (non-hydrogen) atoms. The Kier molecular flexibility index (Phi) is 5.08. The van der Waals surface area contributed by atoms with E-state index in [4.69, 9.17) is 5.11 Å². The smallest absolute Gasteiger partial charge is 0.303 e. The summed E-state index contributed by atoms with van der Waals surface area (Å²) in [4.78, 5) is 22.6. The van der Waals surface area contributed by atoms with Crippen molar-refractivity contribution in [3.63, 3.8) is 0 Å². The van der Waals surface area contributed by atoms with Crippen LogP contribution in [0.3, 0.4) is 0 Å². The number of anilines is 1. The Labute approximate surface area is 112 Å². The second-order valence-corrected chi connectivity index (χ2v) is 4.72. The Morgan fingerprint density at radius 2 is 2.22 bits per heavy atom. The van der Waals surface area contributed by atoms with E-state index in [1.54, 1.807) is 24.1 Å². The molecule has 0 aliphatic heterocycles. The topological polar surface area (TPSA) is 83.7 Å². The average molecular weight is 317 g/mol. The SMILES string of the molecule is CN(CCCC(=O)O)c1ccc(Br)cc1[N+](=O)[O-]. The fourth-order valence-corrected chi connectivity index (χ4v) is 1.90. The maximum atomic E-state index is 10.9. The standard InChI is InChI=1S/C11H13BrN2O4/c1-13(6-2-3-11(15)16)9-5-4-8(12)7-10(9)14(17)18/h4-5,7H,2-3,6H2,1H3,(H,15,16). The lowest BCUT2D eigenvalue weighted by atomic mass is 10.2. The van der Waals surface area contributed by atoms with Crippen LogP contribution in [0.1, 0.15) is 12.8 Å². The molecular formula is C11H13BrN2O4. The first-order chi connectivity index (χ1) is 8.41. The zero-order chi connectivity index (χ0) is 13.7. The normalized spacial score (nSPS) is 10.1. The molecule has 6 nitrogen and oxygen atoms in total. The fourth-order valence-electron chi connectivity index (χ4n) is 1.55. The van der Waals surface area contributed by atoms with Crippen molar-refractivity contribution in [3.05, 3.63) is 32.8 Å². The van der Waals surface area contributed by atoms with Crippen molar-refractivity contribution < 1.29 is 14.8 Å². The quantitative estimate of drug-likeness (QED) is 0.644. The van der Waals surface area contributed by atoms with Crippen LogP contribution in [0.25, 0.3) is 0 Å². The van der Waals surface area contributed by atoms with E-state index in [0.717, 1.165) is 0 Å². The first-order valence-corrected chi connectivity index (χ1v) is 6.08. The van der Waals surface area contributed by atoms with Crippen LogP contribution in [-0.4, -0.2) is 29.6 Å². The van der Waals surface area contributed by atoms with Gasteiger partial charge in [-0.25, -0.2) is 0 Å². The van der Waals surface area contributed by atoms with Gasteiger partial charge in [0.1, 0.15) is 5.69 Å². The molecule has 1 N–H and O–H groups in total. The molecule has 0 bridgehead atoms. The van der Waals surface area contributed by atoms with Gasteiger partial charge in [0.2, 0.25) is 0 Å². The third kappa shape index (κ3) is 3.99. The summed E-state index contributed by atoms with van der Waals surface area (Å²) in [6, 6.07) is 4.79. The fraction of sp³-hybridized carbons (Fsp3) is 0.364. The van der Waals surface area contributed by atoms with Gasteiger partial charge in [0.15, 0.2) is 0 Å². The third-order valence-electron chi connectivity index (χ3n) is 2.43. The van der Waals surface area contributed by atoms with Crippen molar-refractivity contribution in [1.29, 1.82) is 0 Å². The van der Waals surface area contributed by atoms with Crippen molar-refractivity contribution in [3.8, 4) is 0 Å². The van der Waals surface area contributed by atoms with Gasteiger partial charge >= 0.3 is 5.97 Å². The monoisotopic (exact) mass is 316 g/mol. The van der Waals surface area contributed by atoms with Crippen LogP contribution in [0, 0.1) is 10.1 Å². The highest BCUT2D eigenvalue weighted by Gasteiger charge is 2.17.